The topological polar surface area (TPSA) is 57.6 Å². The minimum Gasteiger partial charge on any atom is -0.375 e. The number of Topliss-reactive ketones (excluding diaryl/α,β-unsaturated/α-hetero) is 1. The molecule has 4 heteroatoms. The number of likely N-dealkylation sites (N-methyl/N-ethyl adjacent to an activating group) is 1. The SMILES string of the molecule is CC(=O)CC1(O)C(=O)N(C)c2c(C)ccc(C)c21. The first-order valence-electron chi connectivity index (χ1n) is 5.89. The lowest BCUT2D eigenvalue weighted by Gasteiger charge is -2.21. The largest absolute Gasteiger partial charge is 0.375 e. The Bertz CT molecular complexity index is 550. The van der Waals surface area contributed by atoms with Crippen molar-refractivity contribution in [3.8, 4) is 0 Å². The molecule has 96 valence electrons. The number of carbonyl (C=O) groups excluding carboxylic acids is 2. The summed E-state index contributed by atoms with van der Waals surface area (Å²) >= 11 is 0. The van der Waals surface area contributed by atoms with E-state index in [1.165, 1.54) is 11.8 Å². The lowest BCUT2D eigenvalue weighted by atomic mass is 9.86. The number of hydrogen-bond acceptors (Lipinski definition) is 3. The van der Waals surface area contributed by atoms with Crippen molar-refractivity contribution in [1.29, 1.82) is 0 Å². The normalized spacial score (nSPS) is 22.3. The van der Waals surface area contributed by atoms with Crippen molar-refractivity contribution in [1.82, 2.24) is 0 Å². The average molecular weight is 247 g/mol. The van der Waals surface area contributed by atoms with Crippen LogP contribution in [0, 0.1) is 13.8 Å². The van der Waals surface area contributed by atoms with Crippen LogP contribution in [0.25, 0.3) is 0 Å². The van der Waals surface area contributed by atoms with Gasteiger partial charge in [0.15, 0.2) is 5.60 Å². The fourth-order valence-corrected chi connectivity index (χ4v) is 2.76. The number of aryl methyl sites for hydroxylation is 2. The van der Waals surface area contributed by atoms with Crippen LogP contribution < -0.4 is 4.90 Å². The molecule has 0 saturated carbocycles. The molecule has 1 aliphatic heterocycles. The quantitative estimate of drug-likeness (QED) is 0.860. The minimum absolute atomic E-state index is 0.173. The van der Waals surface area contributed by atoms with Gasteiger partial charge in [0.2, 0.25) is 0 Å². The second-order valence-electron chi connectivity index (χ2n) is 5.03. The van der Waals surface area contributed by atoms with E-state index in [4.69, 9.17) is 0 Å². The number of ketones is 1. The van der Waals surface area contributed by atoms with Crippen molar-refractivity contribution in [2.75, 3.05) is 11.9 Å². The zero-order valence-corrected chi connectivity index (χ0v) is 11.1. The molecule has 0 radical (unpaired) electrons. The van der Waals surface area contributed by atoms with Crippen LogP contribution in [0.3, 0.4) is 0 Å². The Labute approximate surface area is 106 Å². The van der Waals surface area contributed by atoms with E-state index in [1.54, 1.807) is 7.05 Å². The summed E-state index contributed by atoms with van der Waals surface area (Å²) in [6.45, 7) is 5.12. The number of anilines is 1. The summed E-state index contributed by atoms with van der Waals surface area (Å²) in [5.74, 6) is -0.627. The predicted octanol–water partition coefficient (Wildman–Crippen LogP) is 1.45. The molecule has 18 heavy (non-hydrogen) atoms. The van der Waals surface area contributed by atoms with Crippen molar-refractivity contribution < 1.29 is 14.7 Å². The third-order valence-corrected chi connectivity index (χ3v) is 3.50. The number of fused-ring (bicyclic) bond motifs is 1. The Morgan fingerprint density at radius 1 is 1.33 bits per heavy atom. The fourth-order valence-electron chi connectivity index (χ4n) is 2.76. The van der Waals surface area contributed by atoms with Gasteiger partial charge < -0.3 is 10.0 Å². The van der Waals surface area contributed by atoms with Crippen LogP contribution >= 0.6 is 0 Å². The Kier molecular flexibility index (Phi) is 2.78. The van der Waals surface area contributed by atoms with E-state index in [-0.39, 0.29) is 12.2 Å². The fraction of sp³-hybridized carbons (Fsp3) is 0.429. The first-order valence-corrected chi connectivity index (χ1v) is 5.89. The van der Waals surface area contributed by atoms with Crippen LogP contribution in [0.1, 0.15) is 30.0 Å². The van der Waals surface area contributed by atoms with Gasteiger partial charge in [-0.25, -0.2) is 0 Å². The highest BCUT2D eigenvalue weighted by molar-refractivity contribution is 6.09. The van der Waals surface area contributed by atoms with Gasteiger partial charge in [-0.2, -0.15) is 0 Å². The van der Waals surface area contributed by atoms with Gasteiger partial charge in [0, 0.05) is 19.0 Å². The first kappa shape index (κ1) is 12.8. The molecular formula is C14H17NO3. The number of hydrogen-bond donors (Lipinski definition) is 1. The van der Waals surface area contributed by atoms with Gasteiger partial charge in [0.25, 0.3) is 5.91 Å². The van der Waals surface area contributed by atoms with Gasteiger partial charge in [-0.05, 0) is 31.9 Å². The van der Waals surface area contributed by atoms with Gasteiger partial charge in [0.05, 0.1) is 5.69 Å². The van der Waals surface area contributed by atoms with Gasteiger partial charge in [-0.1, -0.05) is 12.1 Å². The molecule has 1 atom stereocenters. The highest BCUT2D eigenvalue weighted by atomic mass is 16.3. The van der Waals surface area contributed by atoms with Gasteiger partial charge in [-0.15, -0.1) is 0 Å². The third kappa shape index (κ3) is 1.56. The monoisotopic (exact) mass is 247 g/mol. The van der Waals surface area contributed by atoms with Crippen LogP contribution in [0.5, 0.6) is 0 Å². The Hall–Kier alpha value is -1.68. The Balaban J connectivity index is 2.72. The highest BCUT2D eigenvalue weighted by Gasteiger charge is 2.50. The number of nitrogens with zero attached hydrogens (tertiary/aromatic N) is 1. The maximum absolute atomic E-state index is 12.2. The van der Waals surface area contributed by atoms with E-state index >= 15 is 0 Å². The number of aliphatic hydroxyl groups is 1. The minimum atomic E-state index is -1.70. The van der Waals surface area contributed by atoms with Crippen molar-refractivity contribution in [3.05, 3.63) is 28.8 Å². The summed E-state index contributed by atoms with van der Waals surface area (Å²) in [6, 6.07) is 3.78. The van der Waals surface area contributed by atoms with Crippen LogP contribution in [-0.4, -0.2) is 23.8 Å². The molecular weight excluding hydrogens is 230 g/mol. The molecule has 0 aromatic heterocycles. The van der Waals surface area contributed by atoms with E-state index in [2.05, 4.69) is 0 Å². The standard InChI is InChI=1S/C14H17NO3/c1-8-5-6-9(2)12-11(8)14(18,7-10(3)16)13(17)15(12)4/h5-6,18H,7H2,1-4H3. The molecule has 1 N–H and O–H groups in total. The molecule has 1 unspecified atom stereocenters. The summed E-state index contributed by atoms with van der Waals surface area (Å²) in [5.41, 5.74) is 1.35. The molecule has 4 nitrogen and oxygen atoms in total. The molecule has 0 spiro atoms. The van der Waals surface area contributed by atoms with Crippen LogP contribution in [0.4, 0.5) is 5.69 Å². The van der Waals surface area contributed by atoms with E-state index in [0.29, 0.717) is 5.56 Å². The van der Waals surface area contributed by atoms with E-state index in [0.717, 1.165) is 16.8 Å². The van der Waals surface area contributed by atoms with E-state index in [9.17, 15) is 14.7 Å². The van der Waals surface area contributed by atoms with Crippen molar-refractivity contribution in [2.24, 2.45) is 0 Å². The number of carbonyl (C=O) groups is 2. The summed E-state index contributed by atoms with van der Waals surface area (Å²) in [5, 5.41) is 10.6. The molecule has 0 bridgehead atoms. The van der Waals surface area contributed by atoms with Crippen molar-refractivity contribution in [2.45, 2.75) is 32.8 Å². The lowest BCUT2D eigenvalue weighted by Crippen LogP contribution is -2.40. The first-order chi connectivity index (χ1) is 8.29. The van der Waals surface area contributed by atoms with Gasteiger partial charge in [-0.3, -0.25) is 9.59 Å². The van der Waals surface area contributed by atoms with Gasteiger partial charge >= 0.3 is 0 Å². The summed E-state index contributed by atoms with van der Waals surface area (Å²) in [6.07, 6.45) is -0.173. The zero-order chi connectivity index (χ0) is 13.7. The molecule has 0 saturated heterocycles. The summed E-state index contributed by atoms with van der Waals surface area (Å²) in [7, 11) is 1.63. The second kappa shape index (κ2) is 3.92. The summed E-state index contributed by atoms with van der Waals surface area (Å²) < 4.78 is 0. The van der Waals surface area contributed by atoms with Crippen LogP contribution in [0.15, 0.2) is 12.1 Å². The molecule has 0 aliphatic carbocycles. The second-order valence-corrected chi connectivity index (χ2v) is 5.03. The Morgan fingerprint density at radius 3 is 2.44 bits per heavy atom. The molecule has 1 aromatic carbocycles. The molecule has 2 rings (SSSR count). The molecule has 1 aliphatic rings. The van der Waals surface area contributed by atoms with E-state index in [1.807, 2.05) is 26.0 Å². The third-order valence-electron chi connectivity index (χ3n) is 3.50. The molecule has 0 fully saturated rings. The highest BCUT2D eigenvalue weighted by Crippen LogP contribution is 2.45. The molecule has 1 heterocycles. The average Bonchev–Trinajstić information content (AvgIpc) is 2.46. The Morgan fingerprint density at radius 2 is 1.89 bits per heavy atom. The zero-order valence-electron chi connectivity index (χ0n) is 11.1. The molecule has 1 amide bonds. The van der Waals surface area contributed by atoms with Crippen LogP contribution in [-0.2, 0) is 15.2 Å². The van der Waals surface area contributed by atoms with Crippen molar-refractivity contribution in [3.63, 3.8) is 0 Å². The smallest absolute Gasteiger partial charge is 0.263 e. The maximum atomic E-state index is 12.2. The maximum Gasteiger partial charge on any atom is 0.263 e. The predicted molar refractivity (Wildman–Crippen MR) is 68.5 cm³/mol. The number of amides is 1. The van der Waals surface area contributed by atoms with Gasteiger partial charge in [0.1, 0.15) is 5.78 Å². The summed E-state index contributed by atoms with van der Waals surface area (Å²) in [4.78, 5) is 25.0. The number of rotatable bonds is 2. The lowest BCUT2D eigenvalue weighted by molar-refractivity contribution is -0.141. The number of benzene rings is 1. The van der Waals surface area contributed by atoms with Crippen molar-refractivity contribution >= 4 is 17.4 Å². The van der Waals surface area contributed by atoms with E-state index < -0.39 is 11.5 Å². The van der Waals surface area contributed by atoms with Crippen LogP contribution in [0.2, 0.25) is 0 Å². The molecule has 1 aromatic rings.